The van der Waals surface area contributed by atoms with Crippen LogP contribution in [-0.2, 0) is 21.2 Å². The van der Waals surface area contributed by atoms with E-state index in [4.69, 9.17) is 4.74 Å². The highest BCUT2D eigenvalue weighted by molar-refractivity contribution is 7.88. The summed E-state index contributed by atoms with van der Waals surface area (Å²) in [5.74, 6) is 0.424. The van der Waals surface area contributed by atoms with Gasteiger partial charge in [-0.2, -0.15) is 0 Å². The van der Waals surface area contributed by atoms with Crippen LogP contribution in [0.15, 0.2) is 30.3 Å². The third kappa shape index (κ3) is 3.82. The number of fused-ring (bicyclic) bond motifs is 1. The van der Waals surface area contributed by atoms with Crippen LogP contribution in [0.2, 0.25) is 0 Å². The average Bonchev–Trinajstić information content (AvgIpc) is 3.06. The van der Waals surface area contributed by atoms with E-state index in [2.05, 4.69) is 29.2 Å². The molecule has 24 heavy (non-hydrogen) atoms. The van der Waals surface area contributed by atoms with Crippen LogP contribution in [0.3, 0.4) is 0 Å². The molecule has 2 atom stereocenters. The summed E-state index contributed by atoms with van der Waals surface area (Å²) in [5, 5.41) is 0. The number of hydrogen-bond acceptors (Lipinski definition) is 4. The summed E-state index contributed by atoms with van der Waals surface area (Å²) in [6.07, 6.45) is 3.38. The fourth-order valence-corrected chi connectivity index (χ4v) is 5.22. The minimum atomic E-state index is -3.11. The van der Waals surface area contributed by atoms with Crippen LogP contribution in [-0.4, -0.2) is 70.3 Å². The van der Waals surface area contributed by atoms with Gasteiger partial charge in [0.2, 0.25) is 10.0 Å². The van der Waals surface area contributed by atoms with E-state index in [-0.39, 0.29) is 5.41 Å². The van der Waals surface area contributed by atoms with Gasteiger partial charge in [0.1, 0.15) is 0 Å². The summed E-state index contributed by atoms with van der Waals surface area (Å²) in [4.78, 5) is 2.44. The molecule has 0 N–H and O–H groups in total. The summed E-state index contributed by atoms with van der Waals surface area (Å²) < 4.78 is 31.0. The van der Waals surface area contributed by atoms with Gasteiger partial charge in [-0.1, -0.05) is 30.3 Å². The summed E-state index contributed by atoms with van der Waals surface area (Å²) in [5.41, 5.74) is 1.41. The fraction of sp³-hybridized carbons (Fsp3) is 0.667. The Morgan fingerprint density at radius 1 is 1.21 bits per heavy atom. The average molecular weight is 353 g/mol. The van der Waals surface area contributed by atoms with Crippen molar-refractivity contribution in [1.82, 2.24) is 9.21 Å². The van der Waals surface area contributed by atoms with Crippen LogP contribution >= 0.6 is 0 Å². The highest BCUT2D eigenvalue weighted by Gasteiger charge is 2.53. The third-order valence-corrected chi connectivity index (χ3v) is 6.85. The number of hydrogen-bond donors (Lipinski definition) is 0. The van der Waals surface area contributed by atoms with Crippen LogP contribution in [0.1, 0.15) is 12.0 Å². The highest BCUT2D eigenvalue weighted by atomic mass is 32.2. The van der Waals surface area contributed by atoms with E-state index < -0.39 is 10.0 Å². The van der Waals surface area contributed by atoms with E-state index in [0.717, 1.165) is 39.1 Å². The number of nitrogens with zero attached hydrogens (tertiary/aromatic N) is 2. The molecule has 2 aliphatic rings. The summed E-state index contributed by atoms with van der Waals surface area (Å²) in [7, 11) is -1.38. The molecule has 2 fully saturated rings. The Hall–Kier alpha value is -0.950. The Kier molecular flexibility index (Phi) is 5.30. The smallest absolute Gasteiger partial charge is 0.211 e. The number of methoxy groups -OCH3 is 1. The standard InChI is InChI=1S/C18H28N2O3S/c1-23-11-10-19-12-17-13-20(24(2,21)22)15-18(17,14-19)9-8-16-6-4-3-5-7-16/h3-7,17H,8-15H2,1-2H3/t17-,18+/m0/s1. The molecule has 0 spiro atoms. The number of ether oxygens (including phenoxy) is 1. The Morgan fingerprint density at radius 3 is 2.62 bits per heavy atom. The van der Waals surface area contributed by atoms with Gasteiger partial charge in [-0.25, -0.2) is 12.7 Å². The molecule has 0 unspecified atom stereocenters. The summed E-state index contributed by atoms with van der Waals surface area (Å²) in [6.45, 7) is 4.93. The first-order valence-electron chi connectivity index (χ1n) is 8.63. The van der Waals surface area contributed by atoms with Crippen molar-refractivity contribution in [3.05, 3.63) is 35.9 Å². The Morgan fingerprint density at radius 2 is 1.96 bits per heavy atom. The van der Waals surface area contributed by atoms with Gasteiger partial charge in [-0.05, 0) is 24.3 Å². The number of aryl methyl sites for hydroxylation is 1. The molecule has 0 radical (unpaired) electrons. The van der Waals surface area contributed by atoms with Gasteiger partial charge in [0.15, 0.2) is 0 Å². The van der Waals surface area contributed by atoms with Gasteiger partial charge < -0.3 is 9.64 Å². The van der Waals surface area contributed by atoms with Crippen molar-refractivity contribution < 1.29 is 13.2 Å². The highest BCUT2D eigenvalue weighted by Crippen LogP contribution is 2.46. The van der Waals surface area contributed by atoms with Crippen molar-refractivity contribution in [3.8, 4) is 0 Å². The quantitative estimate of drug-likeness (QED) is 0.745. The predicted octanol–water partition coefficient (Wildman–Crippen LogP) is 1.46. The van der Waals surface area contributed by atoms with Crippen LogP contribution in [0, 0.1) is 11.3 Å². The molecular formula is C18H28N2O3S. The maximum Gasteiger partial charge on any atom is 0.211 e. The van der Waals surface area contributed by atoms with Crippen molar-refractivity contribution >= 4 is 10.0 Å². The van der Waals surface area contributed by atoms with Crippen molar-refractivity contribution in [2.75, 3.05) is 52.7 Å². The molecule has 2 heterocycles. The molecule has 0 amide bonds. The number of sulfonamides is 1. The molecule has 0 saturated carbocycles. The fourth-order valence-electron chi connectivity index (χ4n) is 4.28. The van der Waals surface area contributed by atoms with Crippen molar-refractivity contribution in [3.63, 3.8) is 0 Å². The van der Waals surface area contributed by atoms with Crippen molar-refractivity contribution in [2.24, 2.45) is 11.3 Å². The summed E-state index contributed by atoms with van der Waals surface area (Å²) >= 11 is 0. The molecule has 0 bridgehead atoms. The largest absolute Gasteiger partial charge is 0.383 e. The first-order valence-corrected chi connectivity index (χ1v) is 10.5. The molecule has 6 heteroatoms. The molecular weight excluding hydrogens is 324 g/mol. The SMILES string of the molecule is COCCN1C[C@H]2CN(S(C)(=O)=O)C[C@@]2(CCc2ccccc2)C1. The minimum absolute atomic E-state index is 0.0761. The van der Waals surface area contributed by atoms with Crippen LogP contribution in [0.4, 0.5) is 0 Å². The molecule has 0 aliphatic carbocycles. The first kappa shape index (κ1) is 17.9. The van der Waals surface area contributed by atoms with E-state index in [1.807, 2.05) is 6.07 Å². The lowest BCUT2D eigenvalue weighted by Crippen LogP contribution is -2.37. The Bertz CT molecular complexity index is 649. The van der Waals surface area contributed by atoms with Crippen LogP contribution in [0.5, 0.6) is 0 Å². The van der Waals surface area contributed by atoms with Gasteiger partial charge in [0.25, 0.3) is 0 Å². The maximum atomic E-state index is 12.0. The lowest BCUT2D eigenvalue weighted by atomic mass is 9.76. The van der Waals surface area contributed by atoms with Gasteiger partial charge >= 0.3 is 0 Å². The van der Waals surface area contributed by atoms with Gasteiger partial charge in [0.05, 0.1) is 12.9 Å². The van der Waals surface area contributed by atoms with Crippen molar-refractivity contribution in [2.45, 2.75) is 12.8 Å². The van der Waals surface area contributed by atoms with E-state index >= 15 is 0 Å². The second-order valence-electron chi connectivity index (χ2n) is 7.33. The van der Waals surface area contributed by atoms with Gasteiger partial charge in [0, 0.05) is 45.2 Å². The van der Waals surface area contributed by atoms with Crippen LogP contribution < -0.4 is 0 Å². The zero-order valence-corrected chi connectivity index (χ0v) is 15.5. The molecule has 1 aromatic carbocycles. The third-order valence-electron chi connectivity index (χ3n) is 5.63. The zero-order chi connectivity index (χ0) is 17.2. The molecule has 2 saturated heterocycles. The van der Waals surface area contributed by atoms with Gasteiger partial charge in [-0.3, -0.25) is 0 Å². The molecule has 2 aliphatic heterocycles. The van der Waals surface area contributed by atoms with E-state index in [0.29, 0.717) is 19.0 Å². The zero-order valence-electron chi connectivity index (χ0n) is 14.6. The number of rotatable bonds is 7. The van der Waals surface area contributed by atoms with Gasteiger partial charge in [-0.15, -0.1) is 0 Å². The molecule has 1 aromatic rings. The van der Waals surface area contributed by atoms with E-state index in [1.54, 1.807) is 11.4 Å². The predicted molar refractivity (Wildman–Crippen MR) is 95.4 cm³/mol. The van der Waals surface area contributed by atoms with Crippen molar-refractivity contribution in [1.29, 1.82) is 0 Å². The van der Waals surface area contributed by atoms with E-state index in [9.17, 15) is 8.42 Å². The lowest BCUT2D eigenvalue weighted by molar-refractivity contribution is 0.148. The number of likely N-dealkylation sites (tertiary alicyclic amines) is 1. The molecule has 5 nitrogen and oxygen atoms in total. The Balaban J connectivity index is 1.73. The monoisotopic (exact) mass is 352 g/mol. The van der Waals surface area contributed by atoms with E-state index in [1.165, 1.54) is 11.8 Å². The molecule has 3 rings (SSSR count). The maximum absolute atomic E-state index is 12.0. The Labute approximate surface area is 145 Å². The first-order chi connectivity index (χ1) is 11.4. The topological polar surface area (TPSA) is 49.9 Å². The number of benzene rings is 1. The second-order valence-corrected chi connectivity index (χ2v) is 9.31. The minimum Gasteiger partial charge on any atom is -0.383 e. The molecule has 0 aromatic heterocycles. The lowest BCUT2D eigenvalue weighted by Gasteiger charge is -2.29. The summed E-state index contributed by atoms with van der Waals surface area (Å²) in [6, 6.07) is 10.5. The second kappa shape index (κ2) is 7.12. The van der Waals surface area contributed by atoms with Crippen LogP contribution in [0.25, 0.3) is 0 Å². The normalized spacial score (nSPS) is 28.3. The molecule has 134 valence electrons.